The quantitative estimate of drug-likeness (QED) is 0.754. The molecular weight excluding hydrogens is 232 g/mol. The Morgan fingerprint density at radius 1 is 1.44 bits per heavy atom. The van der Waals surface area contributed by atoms with E-state index < -0.39 is 10.0 Å². The lowest BCUT2D eigenvalue weighted by atomic mass is 10.3. The minimum Gasteiger partial charge on any atom is -0.488 e. The minimum atomic E-state index is -3.96. The van der Waals surface area contributed by atoms with E-state index in [1.165, 1.54) is 6.20 Å². The van der Waals surface area contributed by atoms with Crippen LogP contribution in [-0.4, -0.2) is 25.8 Å². The van der Waals surface area contributed by atoms with Crippen LogP contribution in [0.4, 0.5) is 0 Å². The van der Waals surface area contributed by atoms with Crippen LogP contribution in [0.3, 0.4) is 0 Å². The van der Waals surface area contributed by atoms with Gasteiger partial charge in [0, 0.05) is 6.20 Å². The summed E-state index contributed by atoms with van der Waals surface area (Å²) in [5.41, 5.74) is -0.0654. The van der Waals surface area contributed by atoms with Gasteiger partial charge >= 0.3 is 0 Å². The normalized spacial score (nSPS) is 15.8. The second-order valence-corrected chi connectivity index (χ2v) is 5.06. The molecule has 1 aromatic heterocycles. The molecule has 1 aromatic rings. The van der Waals surface area contributed by atoms with Crippen LogP contribution >= 0.6 is 0 Å². The molecule has 0 saturated heterocycles. The summed E-state index contributed by atoms with van der Waals surface area (Å²) in [5, 5.41) is 4.97. The van der Waals surface area contributed by atoms with Crippen LogP contribution in [0.5, 0.6) is 5.75 Å². The third-order valence-corrected chi connectivity index (χ3v) is 3.10. The Balaban J connectivity index is 2.49. The number of nitrogens with zero attached hydrogens (tertiary/aromatic N) is 1. The summed E-state index contributed by atoms with van der Waals surface area (Å²) in [6.45, 7) is 0. The number of aromatic nitrogens is 1. The number of carbonyl (C=O) groups is 1. The van der Waals surface area contributed by atoms with Crippen molar-refractivity contribution in [1.29, 1.82) is 0 Å². The van der Waals surface area contributed by atoms with Gasteiger partial charge < -0.3 is 4.74 Å². The van der Waals surface area contributed by atoms with E-state index in [-0.39, 0.29) is 22.3 Å². The molecule has 0 spiro atoms. The number of sulfonamides is 1. The topological polar surface area (TPSA) is 99.4 Å². The van der Waals surface area contributed by atoms with Crippen LogP contribution in [0.1, 0.15) is 23.2 Å². The summed E-state index contributed by atoms with van der Waals surface area (Å²) in [6.07, 6.45) is 4.63. The largest absolute Gasteiger partial charge is 0.488 e. The average Bonchev–Trinajstić information content (AvgIpc) is 3.00. The fourth-order valence-electron chi connectivity index (χ4n) is 1.24. The van der Waals surface area contributed by atoms with Crippen molar-refractivity contribution in [2.75, 3.05) is 0 Å². The van der Waals surface area contributed by atoms with Gasteiger partial charge in [0.15, 0.2) is 6.29 Å². The zero-order valence-corrected chi connectivity index (χ0v) is 9.11. The van der Waals surface area contributed by atoms with E-state index >= 15 is 0 Å². The van der Waals surface area contributed by atoms with Gasteiger partial charge in [-0.3, -0.25) is 9.78 Å². The van der Waals surface area contributed by atoms with Gasteiger partial charge in [0.05, 0.1) is 17.9 Å². The van der Waals surface area contributed by atoms with Gasteiger partial charge in [-0.1, -0.05) is 0 Å². The predicted octanol–water partition coefficient (Wildman–Crippen LogP) is 0.0827. The monoisotopic (exact) mass is 242 g/mol. The molecule has 2 N–H and O–H groups in total. The van der Waals surface area contributed by atoms with Gasteiger partial charge in [0.1, 0.15) is 10.6 Å². The molecule has 86 valence electrons. The highest BCUT2D eigenvalue weighted by Crippen LogP contribution is 2.30. The SMILES string of the molecule is NS(=O)(=O)c1cncc(OC2CC2)c1C=O. The molecule has 6 nitrogen and oxygen atoms in total. The molecule has 0 aliphatic heterocycles. The lowest BCUT2D eigenvalue weighted by molar-refractivity contribution is 0.111. The molecule has 0 radical (unpaired) electrons. The fraction of sp³-hybridized carbons (Fsp3) is 0.333. The molecule has 0 atom stereocenters. The average molecular weight is 242 g/mol. The molecule has 1 heterocycles. The zero-order valence-electron chi connectivity index (χ0n) is 8.29. The van der Waals surface area contributed by atoms with Gasteiger partial charge in [0.2, 0.25) is 10.0 Å². The summed E-state index contributed by atoms with van der Waals surface area (Å²) in [7, 11) is -3.96. The van der Waals surface area contributed by atoms with Crippen molar-refractivity contribution in [3.05, 3.63) is 18.0 Å². The standard InChI is InChI=1S/C9H10N2O4S/c10-16(13,14)9-4-11-3-8(7(9)5-12)15-6-1-2-6/h3-6H,1-2H2,(H2,10,13,14). The van der Waals surface area contributed by atoms with E-state index in [1.807, 2.05) is 0 Å². The summed E-state index contributed by atoms with van der Waals surface area (Å²) < 4.78 is 27.7. The number of primary sulfonamides is 1. The first-order chi connectivity index (χ1) is 7.52. The second kappa shape index (κ2) is 3.84. The van der Waals surface area contributed by atoms with E-state index in [9.17, 15) is 13.2 Å². The van der Waals surface area contributed by atoms with E-state index in [0.29, 0.717) is 6.29 Å². The maximum Gasteiger partial charge on any atom is 0.240 e. The fourth-order valence-corrected chi connectivity index (χ4v) is 1.90. The molecule has 0 amide bonds. The molecule has 2 rings (SSSR count). The number of rotatable bonds is 4. The third-order valence-electron chi connectivity index (χ3n) is 2.16. The van der Waals surface area contributed by atoms with Crippen molar-refractivity contribution in [3.8, 4) is 5.75 Å². The maximum atomic E-state index is 11.2. The number of pyridine rings is 1. The maximum absolute atomic E-state index is 11.2. The predicted molar refractivity (Wildman–Crippen MR) is 54.6 cm³/mol. The number of hydrogen-bond donors (Lipinski definition) is 1. The first-order valence-electron chi connectivity index (χ1n) is 4.65. The third kappa shape index (κ3) is 2.20. The molecule has 0 bridgehead atoms. The summed E-state index contributed by atoms with van der Waals surface area (Å²) in [5.74, 6) is 0.170. The van der Waals surface area contributed by atoms with Crippen molar-refractivity contribution in [1.82, 2.24) is 4.98 Å². The molecule has 0 unspecified atom stereocenters. The van der Waals surface area contributed by atoms with E-state index in [1.54, 1.807) is 0 Å². The Morgan fingerprint density at radius 3 is 2.62 bits per heavy atom. The van der Waals surface area contributed by atoms with Gasteiger partial charge in [-0.25, -0.2) is 13.6 Å². The molecule has 1 aliphatic rings. The number of ether oxygens (including phenoxy) is 1. The molecule has 1 aliphatic carbocycles. The van der Waals surface area contributed by atoms with Gasteiger partial charge in [0.25, 0.3) is 0 Å². The number of hydrogen-bond acceptors (Lipinski definition) is 5. The molecule has 16 heavy (non-hydrogen) atoms. The van der Waals surface area contributed by atoms with E-state index in [4.69, 9.17) is 9.88 Å². The smallest absolute Gasteiger partial charge is 0.240 e. The van der Waals surface area contributed by atoms with Crippen molar-refractivity contribution >= 4 is 16.3 Å². The molecular formula is C9H10N2O4S. The van der Waals surface area contributed by atoms with E-state index in [0.717, 1.165) is 19.0 Å². The van der Waals surface area contributed by atoms with E-state index in [2.05, 4.69) is 4.98 Å². The highest BCUT2D eigenvalue weighted by atomic mass is 32.2. The molecule has 1 fully saturated rings. The van der Waals surface area contributed by atoms with Crippen LogP contribution in [0.15, 0.2) is 17.3 Å². The Morgan fingerprint density at radius 2 is 2.12 bits per heavy atom. The second-order valence-electron chi connectivity index (χ2n) is 3.53. The van der Waals surface area contributed by atoms with Crippen LogP contribution in [-0.2, 0) is 10.0 Å². The van der Waals surface area contributed by atoms with Gasteiger partial charge in [-0.05, 0) is 12.8 Å². The first kappa shape index (κ1) is 11.0. The molecule has 1 saturated carbocycles. The number of nitrogens with two attached hydrogens (primary N) is 1. The van der Waals surface area contributed by atoms with Crippen LogP contribution in [0.25, 0.3) is 0 Å². The molecule has 0 aromatic carbocycles. The van der Waals surface area contributed by atoms with Gasteiger partial charge in [-0.15, -0.1) is 0 Å². The Labute approximate surface area is 92.5 Å². The van der Waals surface area contributed by atoms with Crippen molar-refractivity contribution in [3.63, 3.8) is 0 Å². The van der Waals surface area contributed by atoms with Crippen LogP contribution in [0.2, 0.25) is 0 Å². The van der Waals surface area contributed by atoms with Crippen molar-refractivity contribution in [2.24, 2.45) is 5.14 Å². The zero-order chi connectivity index (χ0) is 11.8. The Hall–Kier alpha value is -1.47. The highest BCUT2D eigenvalue weighted by molar-refractivity contribution is 7.89. The lowest BCUT2D eigenvalue weighted by Crippen LogP contribution is -2.16. The number of aldehydes is 1. The molecule has 7 heteroatoms. The Bertz CT molecular complexity index is 522. The van der Waals surface area contributed by atoms with Crippen LogP contribution in [0, 0.1) is 0 Å². The first-order valence-corrected chi connectivity index (χ1v) is 6.19. The van der Waals surface area contributed by atoms with Crippen molar-refractivity contribution in [2.45, 2.75) is 23.8 Å². The summed E-state index contributed by atoms with van der Waals surface area (Å²) in [6, 6.07) is 0. The number of carbonyl (C=O) groups excluding carboxylic acids is 1. The summed E-state index contributed by atoms with van der Waals surface area (Å²) >= 11 is 0. The summed E-state index contributed by atoms with van der Waals surface area (Å²) in [4.78, 5) is 14.3. The van der Waals surface area contributed by atoms with Crippen LogP contribution < -0.4 is 9.88 Å². The van der Waals surface area contributed by atoms with Crippen molar-refractivity contribution < 1.29 is 17.9 Å². The lowest BCUT2D eigenvalue weighted by Gasteiger charge is -2.08. The minimum absolute atomic E-state index is 0.0521. The Kier molecular flexibility index (Phi) is 2.64. The van der Waals surface area contributed by atoms with Gasteiger partial charge in [-0.2, -0.15) is 0 Å². The highest BCUT2D eigenvalue weighted by Gasteiger charge is 2.26.